The molecule has 0 bridgehead atoms. The van der Waals surface area contributed by atoms with E-state index in [1.165, 1.54) is 17.8 Å². The van der Waals surface area contributed by atoms with Gasteiger partial charge in [0.25, 0.3) is 0 Å². The summed E-state index contributed by atoms with van der Waals surface area (Å²) in [5.74, 6) is 0.897. The van der Waals surface area contributed by atoms with Crippen LogP contribution in [0.25, 0.3) is 0 Å². The van der Waals surface area contributed by atoms with Crippen molar-refractivity contribution >= 4 is 23.7 Å². The fraction of sp³-hybridized carbons (Fsp3) is 0.207. The average Bonchev–Trinajstić information content (AvgIpc) is 3.34. The molecular weight excluding hydrogens is 503 g/mol. The van der Waals surface area contributed by atoms with E-state index in [9.17, 15) is 9.18 Å². The molecule has 5 rings (SSSR count). The lowest BCUT2D eigenvalue weighted by atomic mass is 9.95. The number of halogens is 1. The Bertz CT molecular complexity index is 1450. The number of allylic oxidation sites excluding steroid dienone is 1. The zero-order valence-electron chi connectivity index (χ0n) is 21.1. The van der Waals surface area contributed by atoms with Crippen LogP contribution in [-0.2, 0) is 21.9 Å². The number of benzene rings is 3. The normalized spacial score (nSPS) is 14.6. The number of hydrogen-bond acceptors (Lipinski definition) is 7. The smallest absolute Gasteiger partial charge is 0.338 e. The number of carbonyl (C=O) groups excluding carboxylic acids is 1. The summed E-state index contributed by atoms with van der Waals surface area (Å²) in [6, 6.07) is 23.2. The highest BCUT2D eigenvalue weighted by Crippen LogP contribution is 2.37. The lowest BCUT2D eigenvalue weighted by molar-refractivity contribution is -0.140. The van der Waals surface area contributed by atoms with Crippen molar-refractivity contribution < 1.29 is 18.7 Å². The highest BCUT2D eigenvalue weighted by molar-refractivity contribution is 7.98. The molecule has 1 aliphatic rings. The minimum absolute atomic E-state index is 0.153. The van der Waals surface area contributed by atoms with Gasteiger partial charge in [0.05, 0.1) is 12.2 Å². The number of nitrogens with one attached hydrogen (secondary N) is 1. The Kier molecular flexibility index (Phi) is 7.74. The zero-order chi connectivity index (χ0) is 26.5. The Morgan fingerprint density at radius 1 is 1.05 bits per heavy atom. The number of hydrogen-bond donors (Lipinski definition) is 1. The molecule has 0 radical (unpaired) electrons. The first-order valence-electron chi connectivity index (χ1n) is 12.3. The fourth-order valence-electron chi connectivity index (χ4n) is 4.24. The lowest BCUT2D eigenvalue weighted by Crippen LogP contribution is -2.29. The molecule has 194 valence electrons. The standard InChI is InChI=1S/C29H27FN4O3S/c1-3-36-23-15-13-21(14-16-23)26-25(27(35)37-17-20-9-5-4-6-10-20)19(2)31-28-32-29(33-34(26)28)38-18-22-11-7-8-12-24(22)30/h4-16,26H,3,17-18H2,1-2H3,(H,31,32,33). The summed E-state index contributed by atoms with van der Waals surface area (Å²) in [4.78, 5) is 18.1. The highest BCUT2D eigenvalue weighted by atomic mass is 32.2. The Labute approximate surface area is 224 Å². The third-order valence-electron chi connectivity index (χ3n) is 6.09. The van der Waals surface area contributed by atoms with E-state index in [1.54, 1.807) is 22.9 Å². The molecule has 0 saturated carbocycles. The number of ether oxygens (including phenoxy) is 2. The highest BCUT2D eigenvalue weighted by Gasteiger charge is 2.35. The van der Waals surface area contributed by atoms with E-state index < -0.39 is 12.0 Å². The van der Waals surface area contributed by atoms with Crippen LogP contribution in [0, 0.1) is 5.82 Å². The molecule has 1 N–H and O–H groups in total. The molecule has 1 unspecified atom stereocenters. The molecular formula is C29H27FN4O3S. The minimum Gasteiger partial charge on any atom is -0.494 e. The van der Waals surface area contributed by atoms with Gasteiger partial charge in [0, 0.05) is 11.4 Å². The van der Waals surface area contributed by atoms with Gasteiger partial charge in [0.15, 0.2) is 0 Å². The Hall–Kier alpha value is -4.11. The van der Waals surface area contributed by atoms with Crippen LogP contribution in [0.1, 0.15) is 36.6 Å². The van der Waals surface area contributed by atoms with Crippen molar-refractivity contribution in [3.8, 4) is 5.75 Å². The van der Waals surface area contributed by atoms with Gasteiger partial charge in [-0.1, -0.05) is 72.4 Å². The first-order valence-corrected chi connectivity index (χ1v) is 13.3. The summed E-state index contributed by atoms with van der Waals surface area (Å²) in [6.07, 6.45) is 0. The van der Waals surface area contributed by atoms with Crippen LogP contribution < -0.4 is 10.1 Å². The predicted octanol–water partition coefficient (Wildman–Crippen LogP) is 6.14. The van der Waals surface area contributed by atoms with E-state index in [-0.39, 0.29) is 12.4 Å². The van der Waals surface area contributed by atoms with E-state index in [1.807, 2.05) is 68.4 Å². The number of carbonyl (C=O) groups is 1. The minimum atomic E-state index is -0.569. The predicted molar refractivity (Wildman–Crippen MR) is 144 cm³/mol. The molecule has 3 aromatic carbocycles. The molecule has 9 heteroatoms. The van der Waals surface area contributed by atoms with E-state index in [4.69, 9.17) is 14.6 Å². The molecule has 0 aliphatic carbocycles. The fourth-order valence-corrected chi connectivity index (χ4v) is 5.05. The lowest BCUT2D eigenvalue weighted by Gasteiger charge is -2.28. The Morgan fingerprint density at radius 3 is 2.53 bits per heavy atom. The maximum absolute atomic E-state index is 14.1. The van der Waals surface area contributed by atoms with E-state index >= 15 is 0 Å². The summed E-state index contributed by atoms with van der Waals surface area (Å²) in [7, 11) is 0. The number of esters is 1. The van der Waals surface area contributed by atoms with Crippen LogP contribution in [-0.4, -0.2) is 27.3 Å². The zero-order valence-corrected chi connectivity index (χ0v) is 21.9. The molecule has 0 amide bonds. The number of aromatic nitrogens is 3. The molecule has 1 atom stereocenters. The number of anilines is 1. The van der Waals surface area contributed by atoms with Crippen LogP contribution in [0.4, 0.5) is 10.3 Å². The van der Waals surface area contributed by atoms with Gasteiger partial charge in [-0.15, -0.1) is 5.10 Å². The van der Waals surface area contributed by atoms with Gasteiger partial charge in [-0.05, 0) is 48.7 Å². The maximum atomic E-state index is 14.1. The van der Waals surface area contributed by atoms with Crippen molar-refractivity contribution in [3.63, 3.8) is 0 Å². The van der Waals surface area contributed by atoms with Gasteiger partial charge < -0.3 is 14.8 Å². The SMILES string of the molecule is CCOc1ccc(C2C(C(=O)OCc3ccccc3)=C(C)Nc3nc(SCc4ccccc4F)nn32)cc1. The van der Waals surface area contributed by atoms with Gasteiger partial charge in [-0.2, -0.15) is 4.98 Å². The number of fused-ring (bicyclic) bond motifs is 1. The molecule has 1 aromatic heterocycles. The second-order valence-corrected chi connectivity index (χ2v) is 9.62. The molecule has 7 nitrogen and oxygen atoms in total. The second kappa shape index (κ2) is 11.5. The third kappa shape index (κ3) is 5.57. The van der Waals surface area contributed by atoms with Crippen molar-refractivity contribution in [1.82, 2.24) is 14.8 Å². The van der Waals surface area contributed by atoms with Crippen LogP contribution in [0.2, 0.25) is 0 Å². The van der Waals surface area contributed by atoms with Crippen molar-refractivity contribution in [3.05, 3.63) is 113 Å². The first kappa shape index (κ1) is 25.5. The first-order chi connectivity index (χ1) is 18.5. The van der Waals surface area contributed by atoms with Crippen molar-refractivity contribution in [1.29, 1.82) is 0 Å². The number of thioether (sulfide) groups is 1. The quantitative estimate of drug-likeness (QED) is 0.206. The van der Waals surface area contributed by atoms with Crippen LogP contribution in [0.3, 0.4) is 0 Å². The van der Waals surface area contributed by atoms with Gasteiger partial charge in [0.2, 0.25) is 11.1 Å². The van der Waals surface area contributed by atoms with Crippen LogP contribution in [0.5, 0.6) is 5.75 Å². The molecule has 1 aliphatic heterocycles. The van der Waals surface area contributed by atoms with Gasteiger partial charge in [0.1, 0.15) is 24.2 Å². The molecule has 4 aromatic rings. The van der Waals surface area contributed by atoms with E-state index in [0.29, 0.717) is 40.3 Å². The van der Waals surface area contributed by atoms with Crippen molar-refractivity contribution in [2.24, 2.45) is 0 Å². The molecule has 38 heavy (non-hydrogen) atoms. The third-order valence-corrected chi connectivity index (χ3v) is 6.97. The summed E-state index contributed by atoms with van der Waals surface area (Å²) < 4.78 is 27.1. The Morgan fingerprint density at radius 2 is 1.79 bits per heavy atom. The number of nitrogens with zero attached hydrogens (tertiary/aromatic N) is 3. The Balaban J connectivity index is 1.45. The van der Waals surface area contributed by atoms with E-state index in [0.717, 1.165) is 16.9 Å². The molecule has 0 spiro atoms. The second-order valence-electron chi connectivity index (χ2n) is 8.67. The van der Waals surface area contributed by atoms with Gasteiger partial charge >= 0.3 is 5.97 Å². The average molecular weight is 531 g/mol. The molecule has 0 fully saturated rings. The maximum Gasteiger partial charge on any atom is 0.338 e. The van der Waals surface area contributed by atoms with Crippen LogP contribution >= 0.6 is 11.8 Å². The molecule has 2 heterocycles. The summed E-state index contributed by atoms with van der Waals surface area (Å²) in [6.45, 7) is 4.46. The topological polar surface area (TPSA) is 78.3 Å². The summed E-state index contributed by atoms with van der Waals surface area (Å²) in [5, 5.41) is 8.39. The largest absolute Gasteiger partial charge is 0.494 e. The number of rotatable bonds is 9. The van der Waals surface area contributed by atoms with E-state index in [2.05, 4.69) is 10.3 Å². The molecule has 0 saturated heterocycles. The summed E-state index contributed by atoms with van der Waals surface area (Å²) in [5.41, 5.74) is 3.37. The monoisotopic (exact) mass is 530 g/mol. The van der Waals surface area contributed by atoms with Gasteiger partial charge in [-0.3, -0.25) is 0 Å². The van der Waals surface area contributed by atoms with Crippen LogP contribution in [0.15, 0.2) is 95.3 Å². The van der Waals surface area contributed by atoms with Crippen molar-refractivity contribution in [2.75, 3.05) is 11.9 Å². The van der Waals surface area contributed by atoms with Gasteiger partial charge in [-0.25, -0.2) is 13.9 Å². The van der Waals surface area contributed by atoms with Crippen molar-refractivity contribution in [2.45, 2.75) is 37.4 Å². The summed E-state index contributed by atoms with van der Waals surface area (Å²) >= 11 is 1.33.